The molecule has 4 rings (SSSR count). The van der Waals surface area contributed by atoms with Crippen LogP contribution < -0.4 is 9.47 Å². The lowest BCUT2D eigenvalue weighted by Gasteiger charge is -2.33. The van der Waals surface area contributed by atoms with Crippen molar-refractivity contribution in [3.8, 4) is 11.5 Å². The molecule has 8 heteroatoms. The normalized spacial score (nSPS) is 14.3. The van der Waals surface area contributed by atoms with Crippen LogP contribution in [0.15, 0.2) is 61.3 Å². The number of aromatic nitrogens is 3. The van der Waals surface area contributed by atoms with Crippen molar-refractivity contribution in [2.75, 3.05) is 39.3 Å². The summed E-state index contributed by atoms with van der Waals surface area (Å²) in [6, 6.07) is 11.3. The molecule has 1 aliphatic rings. The maximum absolute atomic E-state index is 12.5. The highest BCUT2D eigenvalue weighted by molar-refractivity contribution is 5.70. The summed E-state index contributed by atoms with van der Waals surface area (Å²) >= 11 is 0. The number of hydrogen-bond acceptors (Lipinski definition) is 6. The molecule has 1 fully saturated rings. The molecule has 1 saturated heterocycles. The average molecular weight is 436 g/mol. The number of amides is 1. The Morgan fingerprint density at radius 3 is 2.53 bits per heavy atom. The monoisotopic (exact) mass is 435 g/mol. The van der Waals surface area contributed by atoms with Gasteiger partial charge in [-0.05, 0) is 29.8 Å². The summed E-state index contributed by atoms with van der Waals surface area (Å²) in [7, 11) is 1.98. The summed E-state index contributed by atoms with van der Waals surface area (Å²) in [5, 5.41) is 0. The number of ether oxygens (including phenoxy) is 2. The second-order valence-corrected chi connectivity index (χ2v) is 7.91. The molecule has 0 atom stereocenters. The number of carbonyl (C=O) groups is 1. The molecule has 8 nitrogen and oxygen atoms in total. The van der Waals surface area contributed by atoms with E-state index in [1.165, 1.54) is 0 Å². The highest BCUT2D eigenvalue weighted by Gasteiger charge is 2.22. The smallest absolute Gasteiger partial charge is 0.415 e. The van der Waals surface area contributed by atoms with E-state index in [1.54, 1.807) is 17.3 Å². The van der Waals surface area contributed by atoms with Crippen LogP contribution in [0.5, 0.6) is 11.5 Å². The molecule has 1 aliphatic heterocycles. The van der Waals surface area contributed by atoms with E-state index in [2.05, 4.69) is 14.9 Å². The molecular formula is C24H29N5O3. The van der Waals surface area contributed by atoms with Crippen LogP contribution in [0.3, 0.4) is 0 Å². The lowest BCUT2D eigenvalue weighted by molar-refractivity contribution is 0.111. The number of hydrogen-bond donors (Lipinski definition) is 0. The Morgan fingerprint density at radius 2 is 1.84 bits per heavy atom. The van der Waals surface area contributed by atoms with Gasteiger partial charge in [-0.1, -0.05) is 12.1 Å². The Kier molecular flexibility index (Phi) is 7.34. The van der Waals surface area contributed by atoms with E-state index in [4.69, 9.17) is 9.47 Å². The molecule has 0 spiro atoms. The number of nitrogens with zero attached hydrogens (tertiary/aromatic N) is 5. The number of carbonyl (C=O) groups excluding carboxylic acids is 1. The van der Waals surface area contributed by atoms with Gasteiger partial charge in [0.15, 0.2) is 0 Å². The van der Waals surface area contributed by atoms with Crippen LogP contribution in [0.1, 0.15) is 11.3 Å². The number of rotatable bonds is 8. The predicted octanol–water partition coefficient (Wildman–Crippen LogP) is 2.80. The SMILES string of the molecule is Cn1cnc(CCN2CCN(C(=O)Oc3ccc(CCOc4cccnc4)cc3)CC2)c1. The number of imidazole rings is 1. The van der Waals surface area contributed by atoms with Gasteiger partial charge < -0.3 is 18.9 Å². The van der Waals surface area contributed by atoms with E-state index in [1.807, 2.05) is 60.5 Å². The molecule has 32 heavy (non-hydrogen) atoms. The van der Waals surface area contributed by atoms with E-state index < -0.39 is 0 Å². The molecule has 0 aliphatic carbocycles. The van der Waals surface area contributed by atoms with Crippen LogP contribution in [-0.2, 0) is 19.9 Å². The van der Waals surface area contributed by atoms with Gasteiger partial charge >= 0.3 is 6.09 Å². The van der Waals surface area contributed by atoms with E-state index >= 15 is 0 Å². The van der Waals surface area contributed by atoms with Gasteiger partial charge in [-0.25, -0.2) is 9.78 Å². The van der Waals surface area contributed by atoms with Crippen LogP contribution in [0.25, 0.3) is 0 Å². The minimum Gasteiger partial charge on any atom is -0.492 e. The van der Waals surface area contributed by atoms with Crippen molar-refractivity contribution >= 4 is 6.09 Å². The maximum atomic E-state index is 12.5. The van der Waals surface area contributed by atoms with Gasteiger partial charge in [-0.15, -0.1) is 0 Å². The second-order valence-electron chi connectivity index (χ2n) is 7.91. The van der Waals surface area contributed by atoms with Crippen molar-refractivity contribution in [1.29, 1.82) is 0 Å². The van der Waals surface area contributed by atoms with E-state index in [9.17, 15) is 4.79 Å². The second kappa shape index (κ2) is 10.8. The Labute approximate surface area is 188 Å². The number of pyridine rings is 1. The number of piperazine rings is 1. The van der Waals surface area contributed by atoms with Crippen molar-refractivity contribution < 1.29 is 14.3 Å². The average Bonchev–Trinajstić information content (AvgIpc) is 3.25. The summed E-state index contributed by atoms with van der Waals surface area (Å²) < 4.78 is 13.2. The zero-order chi connectivity index (χ0) is 22.2. The molecule has 0 N–H and O–H groups in total. The molecule has 0 radical (unpaired) electrons. The first-order valence-corrected chi connectivity index (χ1v) is 10.9. The number of aryl methyl sites for hydroxylation is 1. The van der Waals surface area contributed by atoms with Gasteiger partial charge in [0.25, 0.3) is 0 Å². The first-order chi connectivity index (χ1) is 15.7. The molecular weight excluding hydrogens is 406 g/mol. The third kappa shape index (κ3) is 6.31. The van der Waals surface area contributed by atoms with Gasteiger partial charge in [-0.3, -0.25) is 9.88 Å². The standard InChI is InChI=1S/C24H29N5O3/c1-27-18-21(26-19-27)8-11-28-12-14-29(15-13-28)24(30)32-22-6-4-20(5-7-22)9-16-31-23-3-2-10-25-17-23/h2-7,10,17-19H,8-9,11-16H2,1H3. The van der Waals surface area contributed by atoms with Crippen LogP contribution in [0, 0.1) is 0 Å². The molecule has 0 saturated carbocycles. The van der Waals surface area contributed by atoms with Crippen molar-refractivity contribution in [2.24, 2.45) is 7.05 Å². The molecule has 1 amide bonds. The third-order valence-corrected chi connectivity index (χ3v) is 5.50. The molecule has 1 aromatic carbocycles. The fraction of sp³-hybridized carbons (Fsp3) is 0.375. The van der Waals surface area contributed by atoms with E-state index in [0.717, 1.165) is 49.5 Å². The van der Waals surface area contributed by atoms with Crippen LogP contribution in [0.4, 0.5) is 4.79 Å². The topological polar surface area (TPSA) is 72.7 Å². The van der Waals surface area contributed by atoms with Crippen molar-refractivity contribution in [3.05, 3.63) is 72.6 Å². The van der Waals surface area contributed by atoms with Crippen molar-refractivity contribution in [3.63, 3.8) is 0 Å². The molecule has 0 unspecified atom stereocenters. The Bertz CT molecular complexity index is 982. The summed E-state index contributed by atoms with van der Waals surface area (Å²) in [5.74, 6) is 1.32. The Morgan fingerprint density at radius 1 is 1.03 bits per heavy atom. The van der Waals surface area contributed by atoms with Gasteiger partial charge in [0.2, 0.25) is 0 Å². The molecule has 168 valence electrons. The predicted molar refractivity (Wildman–Crippen MR) is 121 cm³/mol. The lowest BCUT2D eigenvalue weighted by atomic mass is 10.1. The fourth-order valence-corrected chi connectivity index (χ4v) is 3.63. The van der Waals surface area contributed by atoms with Gasteiger partial charge in [0, 0.05) is 65.0 Å². The summed E-state index contributed by atoms with van der Waals surface area (Å²) in [6.07, 6.45) is 8.69. The molecule has 2 aromatic heterocycles. The zero-order valence-corrected chi connectivity index (χ0v) is 18.4. The van der Waals surface area contributed by atoms with Gasteiger partial charge in [-0.2, -0.15) is 0 Å². The highest BCUT2D eigenvalue weighted by Crippen LogP contribution is 2.15. The van der Waals surface area contributed by atoms with Crippen LogP contribution in [0.2, 0.25) is 0 Å². The van der Waals surface area contributed by atoms with E-state index in [-0.39, 0.29) is 6.09 Å². The Hall–Kier alpha value is -3.39. The van der Waals surface area contributed by atoms with Crippen LogP contribution in [-0.4, -0.2) is 69.8 Å². The minimum absolute atomic E-state index is 0.290. The summed E-state index contributed by atoms with van der Waals surface area (Å²) in [6.45, 7) is 4.55. The number of benzene rings is 1. The van der Waals surface area contributed by atoms with Crippen molar-refractivity contribution in [2.45, 2.75) is 12.8 Å². The quantitative estimate of drug-likeness (QED) is 0.542. The van der Waals surface area contributed by atoms with Gasteiger partial charge in [0.05, 0.1) is 24.8 Å². The summed E-state index contributed by atoms with van der Waals surface area (Å²) in [4.78, 5) is 25.0. The molecule has 0 bridgehead atoms. The molecule has 3 heterocycles. The fourth-order valence-electron chi connectivity index (χ4n) is 3.63. The molecule has 3 aromatic rings. The largest absolute Gasteiger partial charge is 0.492 e. The zero-order valence-electron chi connectivity index (χ0n) is 18.4. The van der Waals surface area contributed by atoms with Gasteiger partial charge in [0.1, 0.15) is 11.5 Å². The van der Waals surface area contributed by atoms with Crippen LogP contribution >= 0.6 is 0 Å². The maximum Gasteiger partial charge on any atom is 0.415 e. The Balaban J connectivity index is 1.16. The van der Waals surface area contributed by atoms with E-state index in [0.29, 0.717) is 25.4 Å². The highest BCUT2D eigenvalue weighted by atomic mass is 16.6. The third-order valence-electron chi connectivity index (χ3n) is 5.50. The van der Waals surface area contributed by atoms with Crippen molar-refractivity contribution in [1.82, 2.24) is 24.3 Å². The minimum atomic E-state index is -0.290. The summed E-state index contributed by atoms with van der Waals surface area (Å²) in [5.41, 5.74) is 2.22. The first kappa shape index (κ1) is 21.8. The lowest BCUT2D eigenvalue weighted by Crippen LogP contribution is -2.49. The first-order valence-electron chi connectivity index (χ1n) is 10.9.